The van der Waals surface area contributed by atoms with E-state index < -0.39 is 48.1 Å². The van der Waals surface area contributed by atoms with E-state index in [1.165, 1.54) is 6.92 Å². The predicted octanol–water partition coefficient (Wildman–Crippen LogP) is 2.35. The van der Waals surface area contributed by atoms with Crippen molar-refractivity contribution in [1.82, 2.24) is 0 Å². The number of hydrogen-bond donors (Lipinski definition) is 4. The van der Waals surface area contributed by atoms with E-state index in [-0.39, 0.29) is 50.0 Å². The molecule has 0 saturated heterocycles. The third-order valence-electron chi connectivity index (χ3n) is 7.31. The van der Waals surface area contributed by atoms with Gasteiger partial charge in [-0.25, -0.2) is 4.89 Å². The van der Waals surface area contributed by atoms with Gasteiger partial charge in [0.15, 0.2) is 11.6 Å². The Hall–Kier alpha value is -1.82. The van der Waals surface area contributed by atoms with E-state index in [1.807, 2.05) is 12.2 Å². The van der Waals surface area contributed by atoms with Crippen LogP contribution in [0, 0.1) is 22.7 Å². The van der Waals surface area contributed by atoms with Crippen LogP contribution in [0.25, 0.3) is 0 Å². The molecule has 0 aromatic heterocycles. The number of ketones is 2. The first kappa shape index (κ1) is 29.4. The van der Waals surface area contributed by atoms with Gasteiger partial charge in [0.25, 0.3) is 0 Å². The first-order valence-corrected chi connectivity index (χ1v) is 12.3. The maximum Gasteiger partial charge on any atom is 0.217 e. The van der Waals surface area contributed by atoms with Crippen LogP contribution >= 0.6 is 0 Å². The van der Waals surface area contributed by atoms with Gasteiger partial charge in [0.2, 0.25) is 5.54 Å². The van der Waals surface area contributed by atoms with Crippen molar-refractivity contribution >= 4 is 11.6 Å². The molecule has 0 radical (unpaired) electrons. The molecule has 8 atom stereocenters. The number of aliphatic hydroxyl groups excluding tert-OH is 3. The Morgan fingerprint density at radius 3 is 2.54 bits per heavy atom. The van der Waals surface area contributed by atoms with Crippen molar-refractivity contribution in [2.24, 2.45) is 22.9 Å². The third kappa shape index (κ3) is 7.58. The van der Waals surface area contributed by atoms with Crippen LogP contribution in [-0.4, -0.2) is 75.3 Å². The van der Waals surface area contributed by atoms with Gasteiger partial charge in [-0.2, -0.15) is 0 Å². The van der Waals surface area contributed by atoms with Crippen LogP contribution in [0.2, 0.25) is 0 Å². The SMILES string of the molecule is CCC(=O)C(C)(N=O)C(=O)COC1CC(O)C=C2C=CC(C)[C@H](CCC(O)CC(O)CCOO)C21. The van der Waals surface area contributed by atoms with Gasteiger partial charge in [-0.05, 0) is 55.2 Å². The third-order valence-corrected chi connectivity index (χ3v) is 7.31. The van der Waals surface area contributed by atoms with Crippen LogP contribution in [-0.2, 0) is 19.2 Å². The Kier molecular flexibility index (Phi) is 11.3. The maximum atomic E-state index is 12.7. The summed E-state index contributed by atoms with van der Waals surface area (Å²) in [6.45, 7) is 4.33. The number of fused-ring (bicyclic) bond motifs is 1. The van der Waals surface area contributed by atoms with Crippen LogP contribution in [0.4, 0.5) is 0 Å². The van der Waals surface area contributed by atoms with E-state index in [9.17, 15) is 29.8 Å². The summed E-state index contributed by atoms with van der Waals surface area (Å²) in [5, 5.41) is 42.0. The molecule has 0 fully saturated rings. The van der Waals surface area contributed by atoms with E-state index in [4.69, 9.17) is 9.99 Å². The lowest BCUT2D eigenvalue weighted by Crippen LogP contribution is -2.46. The molecule has 2 rings (SSSR count). The van der Waals surface area contributed by atoms with Crippen molar-refractivity contribution < 1.29 is 39.8 Å². The molecule has 4 N–H and O–H groups in total. The van der Waals surface area contributed by atoms with Crippen LogP contribution < -0.4 is 0 Å². The Morgan fingerprint density at radius 2 is 1.91 bits per heavy atom. The van der Waals surface area contributed by atoms with E-state index in [0.717, 1.165) is 5.57 Å². The number of Topliss-reactive ketones (excluding diaryl/α,β-unsaturated/α-hetero) is 2. The van der Waals surface area contributed by atoms with E-state index in [0.29, 0.717) is 12.8 Å². The monoisotopic (exact) mass is 497 g/mol. The summed E-state index contributed by atoms with van der Waals surface area (Å²) in [4.78, 5) is 40.1. The van der Waals surface area contributed by atoms with Gasteiger partial charge in [0, 0.05) is 18.8 Å². The lowest BCUT2D eigenvalue weighted by Gasteiger charge is -2.43. The van der Waals surface area contributed by atoms with Crippen molar-refractivity contribution in [3.8, 4) is 0 Å². The molecule has 0 aromatic rings. The molecule has 0 aromatic carbocycles. The maximum absolute atomic E-state index is 12.7. The van der Waals surface area contributed by atoms with Gasteiger partial charge in [-0.15, -0.1) is 4.91 Å². The fourth-order valence-electron chi connectivity index (χ4n) is 5.09. The highest BCUT2D eigenvalue weighted by Crippen LogP contribution is 2.44. The topological polar surface area (TPSA) is 163 Å². The number of hydrogen-bond acceptors (Lipinski definition) is 10. The van der Waals surface area contributed by atoms with E-state index >= 15 is 0 Å². The van der Waals surface area contributed by atoms with Gasteiger partial charge in [-0.1, -0.05) is 32.1 Å². The van der Waals surface area contributed by atoms with Crippen LogP contribution in [0.5, 0.6) is 0 Å². The lowest BCUT2D eigenvalue weighted by atomic mass is 9.66. The summed E-state index contributed by atoms with van der Waals surface area (Å²) in [5.74, 6) is -1.25. The first-order chi connectivity index (χ1) is 16.6. The molecule has 0 amide bonds. The molecule has 198 valence electrons. The zero-order valence-corrected chi connectivity index (χ0v) is 20.7. The Balaban J connectivity index is 2.11. The van der Waals surface area contributed by atoms with Crippen LogP contribution in [0.15, 0.2) is 29.0 Å². The minimum absolute atomic E-state index is 0.0000643. The number of aliphatic hydroxyl groups is 3. The average molecular weight is 498 g/mol. The van der Waals surface area contributed by atoms with Crippen molar-refractivity contribution in [1.29, 1.82) is 0 Å². The molecule has 35 heavy (non-hydrogen) atoms. The smallest absolute Gasteiger partial charge is 0.217 e. The van der Waals surface area contributed by atoms with Gasteiger partial charge >= 0.3 is 0 Å². The molecule has 0 heterocycles. The van der Waals surface area contributed by atoms with E-state index in [2.05, 4.69) is 17.0 Å². The minimum Gasteiger partial charge on any atom is -0.393 e. The molecule has 2 aliphatic rings. The number of nitroso groups, excluding NO2 is 1. The predicted molar refractivity (Wildman–Crippen MR) is 127 cm³/mol. The number of rotatable bonds is 15. The fourth-order valence-corrected chi connectivity index (χ4v) is 5.09. The van der Waals surface area contributed by atoms with Gasteiger partial charge in [0.1, 0.15) is 6.61 Å². The summed E-state index contributed by atoms with van der Waals surface area (Å²) in [7, 11) is 0. The quantitative estimate of drug-likeness (QED) is 0.115. The Bertz CT molecular complexity index is 798. The van der Waals surface area contributed by atoms with Gasteiger partial charge in [0.05, 0.1) is 31.0 Å². The second kappa shape index (κ2) is 13.5. The summed E-state index contributed by atoms with van der Waals surface area (Å²) in [6.07, 6.45) is 4.60. The van der Waals surface area contributed by atoms with Crippen molar-refractivity contribution in [3.63, 3.8) is 0 Å². The molecule has 0 spiro atoms. The van der Waals surface area contributed by atoms with Crippen molar-refractivity contribution in [3.05, 3.63) is 28.7 Å². The summed E-state index contributed by atoms with van der Waals surface area (Å²) >= 11 is 0. The average Bonchev–Trinajstić information content (AvgIpc) is 2.84. The zero-order valence-electron chi connectivity index (χ0n) is 20.7. The molecular formula is C25H39NO9. The van der Waals surface area contributed by atoms with E-state index in [1.54, 1.807) is 13.0 Å². The van der Waals surface area contributed by atoms with Crippen molar-refractivity contribution in [2.75, 3.05) is 13.2 Å². The normalized spacial score (nSPS) is 29.5. The van der Waals surface area contributed by atoms with Gasteiger partial charge < -0.3 is 20.1 Å². The second-order valence-corrected chi connectivity index (χ2v) is 9.83. The number of carbonyl (C=O) groups excluding carboxylic acids is 2. The molecule has 0 aliphatic heterocycles. The number of nitrogens with zero attached hydrogens (tertiary/aromatic N) is 1. The highest BCUT2D eigenvalue weighted by Gasteiger charge is 2.44. The molecule has 7 unspecified atom stereocenters. The zero-order chi connectivity index (χ0) is 26.2. The van der Waals surface area contributed by atoms with Crippen LogP contribution in [0.1, 0.15) is 59.3 Å². The molecule has 2 aliphatic carbocycles. The Morgan fingerprint density at radius 1 is 1.23 bits per heavy atom. The summed E-state index contributed by atoms with van der Waals surface area (Å²) < 4.78 is 5.95. The summed E-state index contributed by atoms with van der Waals surface area (Å²) in [6, 6.07) is 0. The first-order valence-electron chi connectivity index (χ1n) is 12.3. The molecule has 0 bridgehead atoms. The molecular weight excluding hydrogens is 458 g/mol. The standard InChI is InChI=1S/C25H39NO9/c1-4-22(30)25(3,26-32)23(31)14-34-21-13-19(29)11-16-6-5-15(2)20(24(16)21)8-7-17(27)12-18(28)9-10-35-33/h5-6,11,15,17-21,24,27-29,33H,4,7-10,12-14H2,1-3H3/t15?,17?,18?,19?,20-,21?,24?,25?/m0/s1. The fraction of sp³-hybridized carbons (Fsp3) is 0.760. The minimum atomic E-state index is -1.99. The van der Waals surface area contributed by atoms with Gasteiger partial charge in [-0.3, -0.25) is 14.8 Å². The van der Waals surface area contributed by atoms with Crippen molar-refractivity contribution in [2.45, 2.75) is 89.3 Å². The second-order valence-electron chi connectivity index (χ2n) is 9.83. The highest BCUT2D eigenvalue weighted by molar-refractivity contribution is 6.11. The Labute approximate surface area is 205 Å². The molecule has 10 heteroatoms. The number of ether oxygens (including phenoxy) is 1. The molecule has 10 nitrogen and oxygen atoms in total. The summed E-state index contributed by atoms with van der Waals surface area (Å²) in [5.41, 5.74) is -1.11. The molecule has 0 saturated carbocycles. The lowest BCUT2D eigenvalue weighted by molar-refractivity contribution is -0.245. The largest absolute Gasteiger partial charge is 0.393 e. The number of carbonyl (C=O) groups is 2. The highest BCUT2D eigenvalue weighted by atomic mass is 17.1. The van der Waals surface area contributed by atoms with Crippen LogP contribution in [0.3, 0.4) is 0 Å². The number of allylic oxidation sites excluding steroid dienone is 2.